The molecule has 1 saturated heterocycles. The fraction of sp³-hybridized carbons (Fsp3) is 0.400. The first kappa shape index (κ1) is 12.6. The normalized spacial score (nSPS) is 18.9. The molecule has 0 radical (unpaired) electrons. The molecule has 1 aromatic heterocycles. The lowest BCUT2D eigenvalue weighted by atomic mass is 10.3. The summed E-state index contributed by atoms with van der Waals surface area (Å²) in [7, 11) is 0. The molecule has 7 nitrogen and oxygen atoms in total. The molecule has 0 saturated carbocycles. The van der Waals surface area contributed by atoms with Crippen LogP contribution in [0.25, 0.3) is 0 Å². The van der Waals surface area contributed by atoms with E-state index in [0.29, 0.717) is 11.6 Å². The highest BCUT2D eigenvalue weighted by Gasteiger charge is 2.34. The Balaban J connectivity index is 2.11. The van der Waals surface area contributed by atoms with E-state index in [2.05, 4.69) is 4.98 Å². The van der Waals surface area contributed by atoms with Gasteiger partial charge in [0.2, 0.25) is 5.91 Å². The molecule has 1 aliphatic rings. The second-order valence-corrected chi connectivity index (χ2v) is 4.75. The number of thioether (sulfide) groups is 1. The van der Waals surface area contributed by atoms with E-state index in [9.17, 15) is 14.4 Å². The van der Waals surface area contributed by atoms with Crippen molar-refractivity contribution in [1.29, 1.82) is 0 Å². The molecule has 0 spiro atoms. The Kier molecular flexibility index (Phi) is 3.66. The molecule has 0 aliphatic carbocycles. The maximum atomic E-state index is 11.9. The van der Waals surface area contributed by atoms with Crippen LogP contribution in [0.4, 0.5) is 0 Å². The lowest BCUT2D eigenvalue weighted by Crippen LogP contribution is -2.44. The van der Waals surface area contributed by atoms with Gasteiger partial charge in [-0.1, -0.05) is 0 Å². The van der Waals surface area contributed by atoms with Crippen molar-refractivity contribution >= 4 is 23.6 Å². The Morgan fingerprint density at radius 3 is 3.00 bits per heavy atom. The number of hydrogen-bond acceptors (Lipinski definition) is 5. The third-order valence-corrected chi connectivity index (χ3v) is 3.59. The number of carbonyl (C=O) groups is 2. The van der Waals surface area contributed by atoms with E-state index in [-0.39, 0.29) is 12.5 Å². The molecule has 1 unspecified atom stereocenters. The number of amides is 1. The van der Waals surface area contributed by atoms with Crippen molar-refractivity contribution in [2.45, 2.75) is 12.6 Å². The predicted octanol–water partition coefficient (Wildman–Crippen LogP) is -0.771. The Hall–Kier alpha value is -1.83. The minimum atomic E-state index is -1.02. The number of hydrogen-bond donors (Lipinski definition) is 1. The van der Waals surface area contributed by atoms with Gasteiger partial charge in [-0.2, -0.15) is 0 Å². The molecule has 1 aliphatic heterocycles. The molecule has 1 aromatic rings. The van der Waals surface area contributed by atoms with Crippen LogP contribution in [0.15, 0.2) is 23.3 Å². The molecular weight excluding hydrogens is 258 g/mol. The number of rotatable bonds is 3. The summed E-state index contributed by atoms with van der Waals surface area (Å²) in [6, 6.07) is 0.733. The highest BCUT2D eigenvalue weighted by molar-refractivity contribution is 7.99. The summed E-state index contributed by atoms with van der Waals surface area (Å²) in [6.45, 7) is -0.184. The number of carbonyl (C=O) groups excluding carboxylic acids is 1. The zero-order valence-corrected chi connectivity index (χ0v) is 10.2. The smallest absolute Gasteiger partial charge is 0.347 e. The fourth-order valence-corrected chi connectivity index (χ4v) is 2.81. The molecule has 1 atom stereocenters. The van der Waals surface area contributed by atoms with Gasteiger partial charge in [-0.05, 0) is 6.07 Å². The fourth-order valence-electron chi connectivity index (χ4n) is 1.64. The van der Waals surface area contributed by atoms with Gasteiger partial charge in [-0.25, -0.2) is 14.6 Å². The van der Waals surface area contributed by atoms with Crippen molar-refractivity contribution < 1.29 is 14.7 Å². The maximum Gasteiger partial charge on any atom is 0.347 e. The van der Waals surface area contributed by atoms with Crippen LogP contribution in [0.5, 0.6) is 0 Å². The Morgan fingerprint density at radius 2 is 2.33 bits per heavy atom. The van der Waals surface area contributed by atoms with Gasteiger partial charge in [0, 0.05) is 18.1 Å². The van der Waals surface area contributed by atoms with Gasteiger partial charge in [0.15, 0.2) is 0 Å². The first-order chi connectivity index (χ1) is 8.59. The van der Waals surface area contributed by atoms with Crippen molar-refractivity contribution in [2.75, 3.05) is 11.6 Å². The molecular formula is C10H11N3O4S. The third kappa shape index (κ3) is 2.53. The topological polar surface area (TPSA) is 92.5 Å². The molecule has 8 heteroatoms. The Labute approximate surface area is 106 Å². The lowest BCUT2D eigenvalue weighted by molar-refractivity contribution is -0.148. The van der Waals surface area contributed by atoms with Gasteiger partial charge < -0.3 is 10.0 Å². The van der Waals surface area contributed by atoms with Crippen LogP contribution in [0.2, 0.25) is 0 Å². The van der Waals surface area contributed by atoms with E-state index in [0.717, 1.165) is 4.57 Å². The first-order valence-electron chi connectivity index (χ1n) is 5.21. The lowest BCUT2D eigenvalue weighted by Gasteiger charge is -2.20. The Morgan fingerprint density at radius 1 is 1.56 bits per heavy atom. The van der Waals surface area contributed by atoms with Gasteiger partial charge >= 0.3 is 11.7 Å². The second-order valence-electron chi connectivity index (χ2n) is 3.75. The van der Waals surface area contributed by atoms with E-state index < -0.39 is 17.7 Å². The first-order valence-corrected chi connectivity index (χ1v) is 6.36. The summed E-state index contributed by atoms with van der Waals surface area (Å²) < 4.78 is 1.16. The summed E-state index contributed by atoms with van der Waals surface area (Å²) in [5.41, 5.74) is -0.524. The third-order valence-electron chi connectivity index (χ3n) is 2.58. The molecule has 1 N–H and O–H groups in total. The predicted molar refractivity (Wildman–Crippen MR) is 64.1 cm³/mol. The summed E-state index contributed by atoms with van der Waals surface area (Å²) in [4.78, 5) is 39.0. The quantitative estimate of drug-likeness (QED) is 0.774. The molecule has 1 amide bonds. The SMILES string of the molecule is O=C(O)C1CSCN1C(=O)Cn1cccnc1=O. The van der Waals surface area contributed by atoms with E-state index in [1.54, 1.807) is 6.07 Å². The van der Waals surface area contributed by atoms with Crippen LogP contribution in [0.3, 0.4) is 0 Å². The minimum Gasteiger partial charge on any atom is -0.480 e. The Bertz CT molecular complexity index is 530. The van der Waals surface area contributed by atoms with Crippen LogP contribution in [-0.4, -0.2) is 49.1 Å². The number of nitrogens with zero attached hydrogens (tertiary/aromatic N) is 3. The molecule has 18 heavy (non-hydrogen) atoms. The zero-order chi connectivity index (χ0) is 13.1. The van der Waals surface area contributed by atoms with Crippen molar-refractivity contribution in [3.63, 3.8) is 0 Å². The van der Waals surface area contributed by atoms with Crippen molar-refractivity contribution in [3.05, 3.63) is 28.9 Å². The zero-order valence-electron chi connectivity index (χ0n) is 9.35. The molecule has 0 aromatic carbocycles. The standard InChI is InChI=1S/C10H11N3O4S/c14-8(4-12-3-1-2-11-10(12)17)13-6-18-5-7(13)9(15)16/h1-3,7H,4-6H2,(H,15,16). The van der Waals surface area contributed by atoms with Crippen molar-refractivity contribution in [2.24, 2.45) is 0 Å². The summed E-state index contributed by atoms with van der Waals surface area (Å²) in [5.74, 6) is -0.692. The van der Waals surface area contributed by atoms with Gasteiger partial charge in [-0.3, -0.25) is 9.36 Å². The number of aliphatic carboxylic acids is 1. The highest BCUT2D eigenvalue weighted by atomic mass is 32.2. The summed E-state index contributed by atoms with van der Waals surface area (Å²) in [6.07, 6.45) is 2.79. The van der Waals surface area contributed by atoms with Crippen LogP contribution in [0, 0.1) is 0 Å². The number of carboxylic acid groups (broad SMARTS) is 1. The number of aromatic nitrogens is 2. The van der Waals surface area contributed by atoms with Crippen LogP contribution < -0.4 is 5.69 Å². The van der Waals surface area contributed by atoms with E-state index in [4.69, 9.17) is 5.11 Å². The van der Waals surface area contributed by atoms with Crippen molar-refractivity contribution in [1.82, 2.24) is 14.5 Å². The largest absolute Gasteiger partial charge is 0.480 e. The van der Waals surface area contributed by atoms with Crippen LogP contribution in [0.1, 0.15) is 0 Å². The van der Waals surface area contributed by atoms with Crippen LogP contribution in [-0.2, 0) is 16.1 Å². The van der Waals surface area contributed by atoms with Gasteiger partial charge in [0.25, 0.3) is 0 Å². The second kappa shape index (κ2) is 5.21. The minimum absolute atomic E-state index is 0.184. The maximum absolute atomic E-state index is 11.9. The highest BCUT2D eigenvalue weighted by Crippen LogP contribution is 2.21. The molecule has 2 heterocycles. The van der Waals surface area contributed by atoms with E-state index in [1.165, 1.54) is 29.1 Å². The van der Waals surface area contributed by atoms with Crippen molar-refractivity contribution in [3.8, 4) is 0 Å². The van der Waals surface area contributed by atoms with Crippen LogP contribution >= 0.6 is 11.8 Å². The number of carboxylic acids is 1. The molecule has 0 bridgehead atoms. The van der Waals surface area contributed by atoms with Gasteiger partial charge in [0.1, 0.15) is 12.6 Å². The van der Waals surface area contributed by atoms with Gasteiger partial charge in [0.05, 0.1) is 5.88 Å². The van der Waals surface area contributed by atoms with E-state index in [1.807, 2.05) is 0 Å². The summed E-state index contributed by atoms with van der Waals surface area (Å²) in [5, 5.41) is 8.97. The van der Waals surface area contributed by atoms with Gasteiger partial charge in [-0.15, -0.1) is 11.8 Å². The molecule has 2 rings (SSSR count). The average molecular weight is 269 g/mol. The van der Waals surface area contributed by atoms with E-state index >= 15 is 0 Å². The average Bonchev–Trinajstić information content (AvgIpc) is 2.81. The molecule has 1 fully saturated rings. The molecule has 96 valence electrons. The summed E-state index contributed by atoms with van der Waals surface area (Å²) >= 11 is 1.38. The monoisotopic (exact) mass is 269 g/mol.